The molecule has 4 aliphatic heterocycles. The van der Waals surface area contributed by atoms with Crippen molar-refractivity contribution in [1.82, 2.24) is 20.4 Å². The molecule has 8 atom stereocenters. The molecule has 6 amide bonds. The van der Waals surface area contributed by atoms with Gasteiger partial charge in [-0.2, -0.15) is 0 Å². The minimum atomic E-state index is -1.28. The van der Waals surface area contributed by atoms with E-state index in [0.717, 1.165) is 80.0 Å². The maximum absolute atomic E-state index is 16.8. The zero-order valence-corrected chi connectivity index (χ0v) is 67.1. The molecule has 0 aromatic heterocycles. The molecule has 6 aliphatic rings. The number of amides is 6. The van der Waals surface area contributed by atoms with Gasteiger partial charge in [-0.05, 0) is 182 Å². The minimum absolute atomic E-state index is 0.0514. The molecular weight excluding hydrogens is 1510 g/mol. The molecule has 4 heterocycles. The lowest BCUT2D eigenvalue weighted by Gasteiger charge is -2.37. The number of nitrogens with one attached hydrogen (secondary N) is 2. The Kier molecular flexibility index (Phi) is 21.7. The highest BCUT2D eigenvalue weighted by molar-refractivity contribution is 6.45. The summed E-state index contributed by atoms with van der Waals surface area (Å²) in [5, 5.41) is 8.95. The van der Waals surface area contributed by atoms with E-state index in [0.29, 0.717) is 133 Å². The maximum atomic E-state index is 16.8. The van der Waals surface area contributed by atoms with Gasteiger partial charge in [0, 0.05) is 55.2 Å². The van der Waals surface area contributed by atoms with Crippen LogP contribution in [0.15, 0.2) is 243 Å². The fourth-order valence-electron chi connectivity index (χ4n) is 18.1. The Labute approximate surface area is 695 Å². The Balaban J connectivity index is 0.878. The number of fused-ring (bicyclic) bond motifs is 2. The standard InChI is InChI=1S/C102H92N4O14/c1-3-5-33-83(97(107)103-69-29-19-31-75(51-69)113-57-77-59-115-77)105-99(109)79-53-85(117-71-43-35-65(36-44-71)61-21-11-7-12-22-61)91-93-87(119-73-47-39-67(40-48-73)63-25-15-9-16-26-63)55-81-90-82(102(112)106(101(81)111)84(34-6-4-2)98(108)104-70-30-20-32-76(52-70)114-58-78-60-116-78)56-88(120-74-49-41-68(42-50-74)64-27-17-10-18-28-64)94(96(90)93)92-86(54-80(100(105)110)89(79)95(91)92)118-72-45-37-66(38-46-72)62-23-13-8-14-24-62/h7-18,21-28,35-50,53-56,69-70,75-78,83-84H,3-6,19-20,29-34,51-52,57-60H2,1-2H3,(H,103,107)(H,104,108). The molecule has 2 aliphatic carbocycles. The molecule has 2 saturated heterocycles. The van der Waals surface area contributed by atoms with Crippen molar-refractivity contribution < 1.29 is 66.7 Å². The average Bonchev–Trinajstić information content (AvgIpc) is 0.881. The van der Waals surface area contributed by atoms with E-state index in [1.54, 1.807) is 24.3 Å². The van der Waals surface area contributed by atoms with Crippen molar-refractivity contribution in [3.63, 3.8) is 0 Å². The number of imide groups is 2. The molecule has 0 spiro atoms. The highest BCUT2D eigenvalue weighted by Gasteiger charge is 2.47. The topological polar surface area (TPSA) is 213 Å². The molecule has 13 aromatic rings. The maximum Gasteiger partial charge on any atom is 0.262 e. The number of unbranched alkanes of at least 4 members (excludes halogenated alkanes) is 2. The predicted octanol–water partition coefficient (Wildman–Crippen LogP) is 21.6. The van der Waals surface area contributed by atoms with Crippen molar-refractivity contribution in [2.45, 2.75) is 152 Å². The second-order valence-electron chi connectivity index (χ2n) is 32.5. The SMILES string of the molecule is CCCCC(C(=O)NC1CCCC(OCC2CO2)C1)N1C(=O)c2cc(Oc3ccc(-c4ccccc4)cc3)c3c4c(Oc5ccc(-c6ccccc6)cc5)cc5c6c(cc(Oc7ccc(-c8ccccc8)cc7)c(c7c(Oc8ccc(-c9ccccc9)cc8)cc(c2c37)C1=O)c64)C(=O)N(C(CCCC)C(=O)NC1CCCC(OCC2CO2)C1)C5=O. The molecule has 0 radical (unpaired) electrons. The van der Waals surface area contributed by atoms with Crippen LogP contribution in [-0.2, 0) is 28.5 Å². The first-order chi connectivity index (χ1) is 58.9. The van der Waals surface area contributed by atoms with E-state index in [1.165, 1.54) is 0 Å². The molecule has 19 rings (SSSR count). The van der Waals surface area contributed by atoms with E-state index in [1.807, 2.05) is 232 Å². The average molecular weight is 1600 g/mol. The highest BCUT2D eigenvalue weighted by atomic mass is 16.6. The lowest BCUT2D eigenvalue weighted by molar-refractivity contribution is -0.127. The van der Waals surface area contributed by atoms with Gasteiger partial charge in [0.25, 0.3) is 23.6 Å². The van der Waals surface area contributed by atoms with Crippen LogP contribution in [0.5, 0.6) is 46.0 Å². The van der Waals surface area contributed by atoms with E-state index < -0.39 is 47.5 Å². The number of ether oxygens (including phenoxy) is 8. The van der Waals surface area contributed by atoms with Crippen molar-refractivity contribution in [3.05, 3.63) is 265 Å². The van der Waals surface area contributed by atoms with Gasteiger partial charge in [-0.1, -0.05) is 209 Å². The van der Waals surface area contributed by atoms with Gasteiger partial charge in [0.2, 0.25) is 11.8 Å². The van der Waals surface area contributed by atoms with E-state index in [-0.39, 0.29) is 105 Å². The summed E-state index contributed by atoms with van der Waals surface area (Å²) in [5.74, 6) is -1.97. The molecule has 18 nitrogen and oxygen atoms in total. The van der Waals surface area contributed by atoms with Crippen molar-refractivity contribution in [2.24, 2.45) is 0 Å². The fourth-order valence-corrected chi connectivity index (χ4v) is 18.1. The Hall–Kier alpha value is -12.6. The van der Waals surface area contributed by atoms with Gasteiger partial charge in [-0.25, -0.2) is 0 Å². The summed E-state index contributed by atoms with van der Waals surface area (Å²) in [6.07, 6.45) is 8.21. The van der Waals surface area contributed by atoms with Gasteiger partial charge in [0.1, 0.15) is 70.3 Å². The molecule has 18 heteroatoms. The molecule has 4 fully saturated rings. The van der Waals surface area contributed by atoms with Crippen LogP contribution in [0, 0.1) is 0 Å². The summed E-state index contributed by atoms with van der Waals surface area (Å²) in [4.78, 5) is 101. The van der Waals surface area contributed by atoms with Crippen LogP contribution in [0.4, 0.5) is 0 Å². The van der Waals surface area contributed by atoms with Gasteiger partial charge in [0.15, 0.2) is 0 Å². The smallest absolute Gasteiger partial charge is 0.262 e. The van der Waals surface area contributed by atoms with Gasteiger partial charge in [-0.3, -0.25) is 38.6 Å². The quantitative estimate of drug-likeness (QED) is 0.0186. The molecule has 2 N–H and O–H groups in total. The molecule has 8 unspecified atom stereocenters. The summed E-state index contributed by atoms with van der Waals surface area (Å²) in [5.41, 5.74) is 7.69. The third-order valence-corrected chi connectivity index (χ3v) is 24.4. The minimum Gasteiger partial charge on any atom is -0.457 e. The van der Waals surface area contributed by atoms with Crippen molar-refractivity contribution in [3.8, 4) is 90.5 Å². The number of benzene rings is 13. The Morgan fingerprint density at radius 2 is 0.625 bits per heavy atom. The fraction of sp³-hybridized carbons (Fsp3) is 0.275. The number of epoxide rings is 2. The van der Waals surface area contributed by atoms with Crippen LogP contribution in [0.2, 0.25) is 0 Å². The second-order valence-corrected chi connectivity index (χ2v) is 32.5. The van der Waals surface area contributed by atoms with Crippen LogP contribution in [0.3, 0.4) is 0 Å². The third-order valence-electron chi connectivity index (χ3n) is 24.4. The number of nitrogens with zero attached hydrogens (tertiary/aromatic N) is 2. The second kappa shape index (κ2) is 33.7. The molecule has 120 heavy (non-hydrogen) atoms. The zero-order valence-electron chi connectivity index (χ0n) is 67.1. The van der Waals surface area contributed by atoms with E-state index in [2.05, 4.69) is 10.6 Å². The van der Waals surface area contributed by atoms with Gasteiger partial charge >= 0.3 is 0 Å². The zero-order chi connectivity index (χ0) is 81.5. The number of carbonyl (C=O) groups excluding carboxylic acids is 6. The Morgan fingerprint density at radius 1 is 0.358 bits per heavy atom. The van der Waals surface area contributed by atoms with Crippen LogP contribution in [0.25, 0.3) is 87.6 Å². The van der Waals surface area contributed by atoms with Crippen LogP contribution in [0.1, 0.15) is 145 Å². The van der Waals surface area contributed by atoms with Crippen molar-refractivity contribution >= 4 is 78.5 Å². The van der Waals surface area contributed by atoms with E-state index in [4.69, 9.17) is 37.9 Å². The van der Waals surface area contributed by atoms with Gasteiger partial charge in [-0.15, -0.1) is 0 Å². The van der Waals surface area contributed by atoms with Gasteiger partial charge in [0.05, 0.1) is 60.9 Å². The number of rotatable bonds is 30. The normalized spacial score (nSPS) is 19.2. The highest BCUT2D eigenvalue weighted by Crippen LogP contribution is 2.59. The number of carbonyl (C=O) groups is 6. The van der Waals surface area contributed by atoms with E-state index in [9.17, 15) is 0 Å². The summed E-state index contributed by atoms with van der Waals surface area (Å²) in [6.45, 7) is 6.27. The van der Waals surface area contributed by atoms with Crippen molar-refractivity contribution in [2.75, 3.05) is 26.4 Å². The first kappa shape index (κ1) is 77.3. The Bertz CT molecular complexity index is 5360. The van der Waals surface area contributed by atoms with Crippen molar-refractivity contribution in [1.29, 1.82) is 0 Å². The molecule has 2 saturated carbocycles. The summed E-state index contributed by atoms with van der Waals surface area (Å²) in [6, 6.07) is 73.8. The van der Waals surface area contributed by atoms with Crippen LogP contribution in [-0.4, -0.2) is 120 Å². The van der Waals surface area contributed by atoms with E-state index >= 15 is 28.8 Å². The predicted molar refractivity (Wildman–Crippen MR) is 463 cm³/mol. The largest absolute Gasteiger partial charge is 0.457 e. The van der Waals surface area contributed by atoms with Gasteiger partial charge < -0.3 is 48.5 Å². The molecule has 604 valence electrons. The third kappa shape index (κ3) is 15.6. The number of hydrogen-bond acceptors (Lipinski definition) is 14. The van der Waals surface area contributed by atoms with Crippen LogP contribution >= 0.6 is 0 Å². The summed E-state index contributed by atoms with van der Waals surface area (Å²) >= 11 is 0. The summed E-state index contributed by atoms with van der Waals surface area (Å²) in [7, 11) is 0. The molecule has 13 aromatic carbocycles. The number of hydrogen-bond donors (Lipinski definition) is 2. The lowest BCUT2D eigenvalue weighted by atomic mass is 9.80. The first-order valence-electron chi connectivity index (χ1n) is 42.4. The lowest BCUT2D eigenvalue weighted by Crippen LogP contribution is -2.55. The molecular formula is C102H92N4O14. The summed E-state index contributed by atoms with van der Waals surface area (Å²) < 4.78 is 53.6. The molecule has 0 bridgehead atoms. The monoisotopic (exact) mass is 1600 g/mol. The van der Waals surface area contributed by atoms with Crippen LogP contribution < -0.4 is 29.6 Å². The Morgan fingerprint density at radius 3 is 0.883 bits per heavy atom. The first-order valence-corrected chi connectivity index (χ1v) is 42.4.